The number of hydrogen-bond donors (Lipinski definition) is 1. The normalized spacial score (nSPS) is 26.1. The van der Waals surface area contributed by atoms with E-state index in [9.17, 15) is 18.0 Å². The third-order valence-corrected chi connectivity index (χ3v) is 7.19. The van der Waals surface area contributed by atoms with Crippen LogP contribution in [-0.4, -0.2) is 42.1 Å². The summed E-state index contributed by atoms with van der Waals surface area (Å²) in [5.41, 5.74) is 1.86. The Labute approximate surface area is 186 Å². The maximum Gasteiger partial charge on any atom is 0.433 e. The Morgan fingerprint density at radius 3 is 2.34 bits per heavy atom. The lowest BCUT2D eigenvalue weighted by atomic mass is 9.68. The summed E-state index contributed by atoms with van der Waals surface area (Å²) < 4.78 is 38.9. The van der Waals surface area contributed by atoms with Gasteiger partial charge in [-0.3, -0.25) is 9.80 Å². The molecule has 5 nitrogen and oxygen atoms in total. The number of aromatic nitrogens is 1. The predicted molar refractivity (Wildman–Crippen MR) is 118 cm³/mol. The molecule has 2 fully saturated rings. The molecule has 1 aliphatic heterocycles. The number of carbonyl (C=O) groups excluding carboxylic acids is 1. The number of pyridine rings is 1. The zero-order chi connectivity index (χ0) is 23.3. The summed E-state index contributed by atoms with van der Waals surface area (Å²) in [4.78, 5) is 20.2. The van der Waals surface area contributed by atoms with Gasteiger partial charge in [0.1, 0.15) is 5.69 Å². The molecule has 2 aliphatic rings. The average molecular weight is 447 g/mol. The third-order valence-electron chi connectivity index (χ3n) is 7.19. The van der Waals surface area contributed by atoms with Gasteiger partial charge in [0.25, 0.3) is 0 Å². The summed E-state index contributed by atoms with van der Waals surface area (Å²) in [7, 11) is 4.19. The summed E-state index contributed by atoms with van der Waals surface area (Å²) >= 11 is 0. The summed E-state index contributed by atoms with van der Waals surface area (Å²) in [6.07, 6.45) is -0.0184. The number of anilines is 1. The van der Waals surface area contributed by atoms with Crippen LogP contribution in [0.15, 0.2) is 36.5 Å². The Morgan fingerprint density at radius 2 is 1.78 bits per heavy atom. The predicted octanol–water partition coefficient (Wildman–Crippen LogP) is 5.02. The Morgan fingerprint density at radius 1 is 1.09 bits per heavy atom. The van der Waals surface area contributed by atoms with Crippen molar-refractivity contribution < 1.29 is 18.0 Å². The van der Waals surface area contributed by atoms with Gasteiger partial charge in [-0.25, -0.2) is 9.78 Å². The number of benzene rings is 1. The van der Waals surface area contributed by atoms with Crippen molar-refractivity contribution in [1.82, 2.24) is 15.2 Å². The fraction of sp³-hybridized carbons (Fsp3) is 0.500. The first-order valence-electron chi connectivity index (χ1n) is 10.8. The van der Waals surface area contributed by atoms with Crippen molar-refractivity contribution in [2.75, 3.05) is 25.5 Å². The highest BCUT2D eigenvalue weighted by Gasteiger charge is 2.50. The Kier molecular flexibility index (Phi) is 5.48. The van der Waals surface area contributed by atoms with Gasteiger partial charge in [-0.15, -0.1) is 0 Å². The second kappa shape index (κ2) is 7.76. The first-order valence-corrected chi connectivity index (χ1v) is 10.8. The molecule has 8 heteroatoms. The van der Waals surface area contributed by atoms with E-state index in [2.05, 4.69) is 60.5 Å². The van der Waals surface area contributed by atoms with E-state index >= 15 is 0 Å². The number of aryl methyl sites for hydroxylation is 2. The minimum atomic E-state index is -4.51. The van der Waals surface area contributed by atoms with Crippen LogP contribution in [0.2, 0.25) is 0 Å². The van der Waals surface area contributed by atoms with Crippen LogP contribution in [0, 0.1) is 13.8 Å². The topological polar surface area (TPSA) is 48.5 Å². The van der Waals surface area contributed by atoms with Crippen molar-refractivity contribution in [2.45, 2.75) is 56.8 Å². The fourth-order valence-corrected chi connectivity index (χ4v) is 5.24. The Bertz CT molecular complexity index is 1030. The number of alkyl halides is 3. The Balaban J connectivity index is 1.56. The summed E-state index contributed by atoms with van der Waals surface area (Å²) in [6.45, 7) is 4.10. The molecule has 4 rings (SSSR count). The third kappa shape index (κ3) is 3.85. The van der Waals surface area contributed by atoms with E-state index in [1.807, 2.05) is 0 Å². The molecule has 1 aliphatic carbocycles. The molecule has 1 saturated heterocycles. The van der Waals surface area contributed by atoms with E-state index in [1.54, 1.807) is 6.92 Å². The van der Waals surface area contributed by atoms with Gasteiger partial charge in [-0.1, -0.05) is 29.8 Å². The molecule has 172 valence electrons. The maximum absolute atomic E-state index is 13.0. The smallest absolute Gasteiger partial charge is 0.330 e. The lowest BCUT2D eigenvalue weighted by Crippen LogP contribution is -2.54. The molecule has 1 N–H and O–H groups in total. The van der Waals surface area contributed by atoms with E-state index in [0.29, 0.717) is 17.8 Å². The van der Waals surface area contributed by atoms with Crippen molar-refractivity contribution >= 4 is 11.7 Å². The highest BCUT2D eigenvalue weighted by molar-refractivity contribution is 5.96. The number of nitrogens with one attached hydrogen (secondary N) is 1. The van der Waals surface area contributed by atoms with Crippen molar-refractivity contribution in [3.63, 3.8) is 0 Å². The van der Waals surface area contributed by atoms with Gasteiger partial charge in [-0.2, -0.15) is 13.2 Å². The number of halogens is 3. The Hall–Kier alpha value is -2.61. The SMILES string of the molecule is Cc1cccc([C@]2(N(C)C)CC[C@]3(CC2)CN(c2cnc(C(F)(F)F)cc2C)C(=O)N3)c1. The number of hydrogen-bond acceptors (Lipinski definition) is 3. The molecule has 0 radical (unpaired) electrons. The van der Waals surface area contributed by atoms with Crippen LogP contribution in [0.25, 0.3) is 0 Å². The van der Waals surface area contributed by atoms with Crippen LogP contribution < -0.4 is 10.2 Å². The average Bonchev–Trinajstić information content (AvgIpc) is 3.03. The molecule has 2 heterocycles. The molecular weight excluding hydrogens is 417 g/mol. The van der Waals surface area contributed by atoms with Crippen molar-refractivity contribution in [2.24, 2.45) is 0 Å². The fourth-order valence-electron chi connectivity index (χ4n) is 5.24. The van der Waals surface area contributed by atoms with Gasteiger partial charge in [0.05, 0.1) is 24.0 Å². The number of amides is 2. The van der Waals surface area contributed by atoms with Crippen LogP contribution in [0.1, 0.15) is 48.1 Å². The maximum atomic E-state index is 13.0. The molecular formula is C24H29F3N4O. The zero-order valence-corrected chi connectivity index (χ0v) is 18.9. The standard InChI is InChI=1S/C24H29F3N4O/c1-16-6-5-7-18(12-16)23(30(3)4)10-8-22(9-11-23)15-31(21(32)29-22)19-14-28-20(13-17(19)2)24(25,26)27/h5-7,12-14H,8-11,15H2,1-4H3,(H,29,32)/t22-,23-. The van der Waals surface area contributed by atoms with E-state index in [0.717, 1.165) is 37.9 Å². The van der Waals surface area contributed by atoms with Crippen LogP contribution in [0.3, 0.4) is 0 Å². The molecule has 1 spiro atoms. The van der Waals surface area contributed by atoms with E-state index in [-0.39, 0.29) is 11.6 Å². The minimum Gasteiger partial charge on any atom is -0.330 e. The van der Waals surface area contributed by atoms with Gasteiger partial charge < -0.3 is 5.32 Å². The number of carbonyl (C=O) groups is 1. The number of nitrogens with zero attached hydrogens (tertiary/aromatic N) is 3. The lowest BCUT2D eigenvalue weighted by molar-refractivity contribution is -0.141. The monoisotopic (exact) mass is 446 g/mol. The molecule has 32 heavy (non-hydrogen) atoms. The van der Waals surface area contributed by atoms with Gasteiger partial charge in [-0.05, 0) is 70.8 Å². The second-order valence-electron chi connectivity index (χ2n) is 9.45. The van der Waals surface area contributed by atoms with Crippen LogP contribution in [0.4, 0.5) is 23.7 Å². The molecule has 1 aromatic carbocycles. The van der Waals surface area contributed by atoms with Crippen LogP contribution in [0.5, 0.6) is 0 Å². The molecule has 2 aromatic rings. The lowest BCUT2D eigenvalue weighted by Gasteiger charge is -2.48. The van der Waals surface area contributed by atoms with Crippen molar-refractivity contribution in [3.05, 3.63) is 58.9 Å². The molecule has 0 unspecified atom stereocenters. The van der Waals surface area contributed by atoms with Gasteiger partial charge in [0.2, 0.25) is 0 Å². The summed E-state index contributed by atoms with van der Waals surface area (Å²) in [6, 6.07) is 9.30. The highest BCUT2D eigenvalue weighted by Crippen LogP contribution is 2.46. The molecule has 0 atom stereocenters. The first kappa shape index (κ1) is 22.6. The second-order valence-corrected chi connectivity index (χ2v) is 9.45. The van der Waals surface area contributed by atoms with Crippen molar-refractivity contribution in [3.8, 4) is 0 Å². The molecule has 0 bridgehead atoms. The highest BCUT2D eigenvalue weighted by atomic mass is 19.4. The first-order chi connectivity index (χ1) is 15.0. The summed E-state index contributed by atoms with van der Waals surface area (Å²) in [5, 5.41) is 3.15. The van der Waals surface area contributed by atoms with E-state index in [1.165, 1.54) is 16.0 Å². The van der Waals surface area contributed by atoms with Gasteiger partial charge in [0, 0.05) is 5.54 Å². The largest absolute Gasteiger partial charge is 0.433 e. The zero-order valence-electron chi connectivity index (χ0n) is 18.9. The summed E-state index contributed by atoms with van der Waals surface area (Å²) in [5.74, 6) is 0. The van der Waals surface area contributed by atoms with Crippen LogP contribution >= 0.6 is 0 Å². The van der Waals surface area contributed by atoms with Crippen LogP contribution in [-0.2, 0) is 11.7 Å². The minimum absolute atomic E-state index is 0.110. The number of rotatable bonds is 3. The number of urea groups is 1. The molecule has 1 saturated carbocycles. The molecule has 2 amide bonds. The van der Waals surface area contributed by atoms with Gasteiger partial charge >= 0.3 is 12.2 Å². The van der Waals surface area contributed by atoms with E-state index < -0.39 is 17.4 Å². The van der Waals surface area contributed by atoms with E-state index in [4.69, 9.17) is 0 Å². The van der Waals surface area contributed by atoms with Crippen molar-refractivity contribution in [1.29, 1.82) is 0 Å². The quantitative estimate of drug-likeness (QED) is 0.721. The van der Waals surface area contributed by atoms with Gasteiger partial charge in [0.15, 0.2) is 0 Å². The molecule has 1 aromatic heterocycles.